The van der Waals surface area contributed by atoms with E-state index in [0.29, 0.717) is 11.8 Å². The highest BCUT2D eigenvalue weighted by molar-refractivity contribution is 5.59. The minimum absolute atomic E-state index is 0.312. The third-order valence-corrected chi connectivity index (χ3v) is 1.65. The Morgan fingerprint density at radius 3 is 2.62 bits per heavy atom. The second-order valence-electron chi connectivity index (χ2n) is 2.49. The van der Waals surface area contributed by atoms with E-state index in [-0.39, 0.29) is 0 Å². The summed E-state index contributed by atoms with van der Waals surface area (Å²) in [7, 11) is 0. The van der Waals surface area contributed by atoms with Gasteiger partial charge in [-0.2, -0.15) is 0 Å². The van der Waals surface area contributed by atoms with Crippen LogP contribution in [-0.2, 0) is 4.79 Å². The van der Waals surface area contributed by atoms with E-state index in [4.69, 9.17) is 0 Å². The molecule has 1 fully saturated rings. The van der Waals surface area contributed by atoms with Crippen molar-refractivity contribution in [2.75, 3.05) is 0 Å². The molecule has 0 N–H and O–H groups in total. The molecule has 0 radical (unpaired) electrons. The summed E-state index contributed by atoms with van der Waals surface area (Å²) in [4.78, 5) is 10.0. The molecular formula is C7H10O. The first kappa shape index (κ1) is 5.54. The van der Waals surface area contributed by atoms with Crippen LogP contribution in [0.1, 0.15) is 13.3 Å². The third kappa shape index (κ3) is 0.808. The molecule has 44 valence electrons. The minimum atomic E-state index is 0.312. The Morgan fingerprint density at radius 1 is 1.88 bits per heavy atom. The second kappa shape index (κ2) is 1.73. The van der Waals surface area contributed by atoms with Gasteiger partial charge in [0.1, 0.15) is 6.29 Å². The van der Waals surface area contributed by atoms with Gasteiger partial charge in [-0.05, 0) is 19.3 Å². The molecule has 1 aliphatic rings. The maximum Gasteiger partial charge on any atom is 0.123 e. The zero-order valence-corrected chi connectivity index (χ0v) is 5.05. The average Bonchev–Trinajstić information content (AvgIpc) is 2.42. The number of rotatable bonds is 2. The Labute approximate surface area is 49.4 Å². The summed E-state index contributed by atoms with van der Waals surface area (Å²) in [5.41, 5.74) is 1.15. The van der Waals surface area contributed by atoms with Crippen molar-refractivity contribution in [3.05, 3.63) is 12.2 Å². The lowest BCUT2D eigenvalue weighted by Crippen LogP contribution is -1.82. The van der Waals surface area contributed by atoms with E-state index in [2.05, 4.69) is 6.58 Å². The molecule has 1 nitrogen and oxygen atoms in total. The van der Waals surface area contributed by atoms with Gasteiger partial charge in [0.15, 0.2) is 0 Å². The molecule has 0 aromatic rings. The van der Waals surface area contributed by atoms with Crippen molar-refractivity contribution in [1.29, 1.82) is 0 Å². The maximum absolute atomic E-state index is 10.0. The molecule has 2 unspecified atom stereocenters. The number of carbonyl (C=O) groups is 1. The van der Waals surface area contributed by atoms with E-state index in [1.54, 1.807) is 0 Å². The fourth-order valence-electron chi connectivity index (χ4n) is 0.932. The largest absolute Gasteiger partial charge is 0.303 e. The van der Waals surface area contributed by atoms with Crippen molar-refractivity contribution in [1.82, 2.24) is 0 Å². The quantitative estimate of drug-likeness (QED) is 0.388. The highest BCUT2D eigenvalue weighted by Crippen LogP contribution is 2.41. The van der Waals surface area contributed by atoms with Crippen LogP contribution in [0.15, 0.2) is 12.2 Å². The van der Waals surface area contributed by atoms with E-state index in [1.807, 2.05) is 6.92 Å². The van der Waals surface area contributed by atoms with Crippen molar-refractivity contribution < 1.29 is 4.79 Å². The first-order valence-corrected chi connectivity index (χ1v) is 2.86. The SMILES string of the molecule is C=C(C)C1CC1C=O. The van der Waals surface area contributed by atoms with Crippen LogP contribution in [0.25, 0.3) is 0 Å². The molecule has 8 heavy (non-hydrogen) atoms. The standard InChI is InChI=1S/C7H10O/c1-5(2)7-3-6(7)4-8/h4,6-7H,1,3H2,2H3. The van der Waals surface area contributed by atoms with E-state index in [9.17, 15) is 4.79 Å². The number of allylic oxidation sites excluding steroid dienone is 1. The summed E-state index contributed by atoms with van der Waals surface area (Å²) >= 11 is 0. The lowest BCUT2D eigenvalue weighted by molar-refractivity contribution is -0.109. The maximum atomic E-state index is 10.0. The van der Waals surface area contributed by atoms with E-state index in [0.717, 1.165) is 18.3 Å². The van der Waals surface area contributed by atoms with Gasteiger partial charge >= 0.3 is 0 Å². The number of carbonyl (C=O) groups excluding carboxylic acids is 1. The van der Waals surface area contributed by atoms with Crippen LogP contribution in [0.5, 0.6) is 0 Å². The molecule has 1 rings (SSSR count). The van der Waals surface area contributed by atoms with Crippen molar-refractivity contribution in [3.8, 4) is 0 Å². The van der Waals surface area contributed by atoms with Gasteiger partial charge in [-0.25, -0.2) is 0 Å². The fourth-order valence-corrected chi connectivity index (χ4v) is 0.932. The number of hydrogen-bond donors (Lipinski definition) is 0. The monoisotopic (exact) mass is 110 g/mol. The van der Waals surface area contributed by atoms with Gasteiger partial charge in [0.2, 0.25) is 0 Å². The zero-order valence-electron chi connectivity index (χ0n) is 5.05. The van der Waals surface area contributed by atoms with Crippen molar-refractivity contribution in [2.24, 2.45) is 11.8 Å². The van der Waals surface area contributed by atoms with Gasteiger partial charge in [-0.15, -0.1) is 0 Å². The van der Waals surface area contributed by atoms with Gasteiger partial charge < -0.3 is 4.79 Å². The van der Waals surface area contributed by atoms with Gasteiger partial charge in [0.05, 0.1) is 0 Å². The molecule has 0 aliphatic heterocycles. The molecule has 0 bridgehead atoms. The number of hydrogen-bond acceptors (Lipinski definition) is 1. The molecule has 1 saturated carbocycles. The van der Waals surface area contributed by atoms with Crippen LogP contribution in [-0.4, -0.2) is 6.29 Å². The van der Waals surface area contributed by atoms with Crippen LogP contribution in [0, 0.1) is 11.8 Å². The molecule has 1 aliphatic carbocycles. The van der Waals surface area contributed by atoms with Crippen molar-refractivity contribution in [2.45, 2.75) is 13.3 Å². The summed E-state index contributed by atoms with van der Waals surface area (Å²) in [6.45, 7) is 5.74. The molecule has 1 heteroatoms. The Hall–Kier alpha value is -0.590. The lowest BCUT2D eigenvalue weighted by atomic mass is 10.2. The first-order valence-electron chi connectivity index (χ1n) is 2.86. The van der Waals surface area contributed by atoms with Gasteiger partial charge in [0.25, 0.3) is 0 Å². The van der Waals surface area contributed by atoms with Gasteiger partial charge in [0, 0.05) is 5.92 Å². The third-order valence-electron chi connectivity index (χ3n) is 1.65. The summed E-state index contributed by atoms with van der Waals surface area (Å²) < 4.78 is 0. The summed E-state index contributed by atoms with van der Waals surface area (Å²) in [6.07, 6.45) is 2.07. The molecule has 0 aromatic heterocycles. The van der Waals surface area contributed by atoms with Crippen molar-refractivity contribution >= 4 is 6.29 Å². The Balaban J connectivity index is 2.36. The molecule has 0 heterocycles. The van der Waals surface area contributed by atoms with Crippen molar-refractivity contribution in [3.63, 3.8) is 0 Å². The molecule has 0 saturated heterocycles. The van der Waals surface area contributed by atoms with Crippen LogP contribution in [0.4, 0.5) is 0 Å². The fraction of sp³-hybridized carbons (Fsp3) is 0.571. The number of aldehydes is 1. The van der Waals surface area contributed by atoms with Gasteiger partial charge in [-0.3, -0.25) is 0 Å². The Kier molecular flexibility index (Phi) is 1.20. The van der Waals surface area contributed by atoms with Crippen LogP contribution >= 0.6 is 0 Å². The molecule has 0 amide bonds. The summed E-state index contributed by atoms with van der Waals surface area (Å²) in [5.74, 6) is 0.833. The highest BCUT2D eigenvalue weighted by atomic mass is 16.1. The summed E-state index contributed by atoms with van der Waals surface area (Å²) in [6, 6.07) is 0. The smallest absolute Gasteiger partial charge is 0.123 e. The Morgan fingerprint density at radius 2 is 2.50 bits per heavy atom. The lowest BCUT2D eigenvalue weighted by Gasteiger charge is -1.87. The average molecular weight is 110 g/mol. The second-order valence-corrected chi connectivity index (χ2v) is 2.49. The van der Waals surface area contributed by atoms with Crippen LogP contribution in [0.2, 0.25) is 0 Å². The van der Waals surface area contributed by atoms with E-state index >= 15 is 0 Å². The highest BCUT2D eigenvalue weighted by Gasteiger charge is 2.36. The predicted octanol–water partition coefficient (Wildman–Crippen LogP) is 1.40. The van der Waals surface area contributed by atoms with E-state index < -0.39 is 0 Å². The zero-order chi connectivity index (χ0) is 6.15. The summed E-state index contributed by atoms with van der Waals surface area (Å²) in [5, 5.41) is 0. The molecular weight excluding hydrogens is 100 g/mol. The van der Waals surface area contributed by atoms with E-state index in [1.165, 1.54) is 0 Å². The molecule has 0 spiro atoms. The van der Waals surface area contributed by atoms with Crippen LogP contribution in [0.3, 0.4) is 0 Å². The first-order chi connectivity index (χ1) is 3.75. The molecule has 0 aromatic carbocycles. The predicted molar refractivity (Wildman–Crippen MR) is 32.5 cm³/mol. The Bertz CT molecular complexity index is 126. The van der Waals surface area contributed by atoms with Crippen LogP contribution < -0.4 is 0 Å². The topological polar surface area (TPSA) is 17.1 Å². The molecule has 2 atom stereocenters. The minimum Gasteiger partial charge on any atom is -0.303 e. The van der Waals surface area contributed by atoms with Gasteiger partial charge in [-0.1, -0.05) is 12.2 Å². The normalized spacial score (nSPS) is 34.1.